The lowest BCUT2D eigenvalue weighted by molar-refractivity contribution is 0.284. The fraction of sp³-hybridized carbons (Fsp3) is 0.0625. The molecule has 5 heteroatoms. The van der Waals surface area contributed by atoms with Crippen LogP contribution in [0.25, 0.3) is 98.0 Å². The predicted octanol–water partition coefficient (Wildman–Crippen LogP) is 18.0. The molecule has 69 heavy (non-hydrogen) atoms. The Morgan fingerprint density at radius 3 is 0.797 bits per heavy atom. The average molecular weight is 907 g/mol. The van der Waals surface area contributed by atoms with Crippen LogP contribution in [0.4, 0.5) is 0 Å². The number of phosphoric ester groups is 1. The first kappa shape index (κ1) is 39.9. The smallest absolute Gasteiger partial charge is 0.385 e. The molecule has 0 saturated heterocycles. The maximum absolute atomic E-state index is 15.8. The molecule has 0 radical (unpaired) electrons. The van der Waals surface area contributed by atoms with Gasteiger partial charge in [0.25, 0.3) is 0 Å². The number of hydrogen-bond acceptors (Lipinski definition) is 4. The molecule has 3 aliphatic heterocycles. The first-order valence-electron chi connectivity index (χ1n) is 23.6. The number of hydrogen-bond donors (Lipinski definition) is 0. The molecule has 2 bridgehead atoms. The van der Waals surface area contributed by atoms with Crippen molar-refractivity contribution >= 4 is 72.5 Å². The topological polar surface area (TPSA) is 44.8 Å². The lowest BCUT2D eigenvalue weighted by atomic mass is 9.77. The lowest BCUT2D eigenvalue weighted by Crippen LogP contribution is -2.21. The highest BCUT2D eigenvalue weighted by atomic mass is 31.2. The summed E-state index contributed by atoms with van der Waals surface area (Å²) in [6.45, 7) is 6.15. The van der Waals surface area contributed by atoms with Gasteiger partial charge < -0.3 is 13.6 Å². The van der Waals surface area contributed by atoms with E-state index in [4.69, 9.17) is 13.6 Å². The summed E-state index contributed by atoms with van der Waals surface area (Å²) in [7, 11) is -4.42. The Bertz CT molecular complexity index is 3670. The summed E-state index contributed by atoms with van der Waals surface area (Å²) in [6.07, 6.45) is 0. The number of fused-ring (bicyclic) bond motifs is 6. The van der Waals surface area contributed by atoms with Crippen LogP contribution in [0.2, 0.25) is 0 Å². The highest BCUT2D eigenvalue weighted by molar-refractivity contribution is 7.49. The number of phosphoric acid groups is 1. The molecular formula is C64H43O4P. The Morgan fingerprint density at radius 2 is 0.551 bits per heavy atom. The zero-order valence-electron chi connectivity index (χ0n) is 38.2. The van der Waals surface area contributed by atoms with E-state index in [1.54, 1.807) is 0 Å². The molecule has 0 fully saturated rings. The van der Waals surface area contributed by atoms with E-state index in [0.29, 0.717) is 17.2 Å². The molecule has 4 nitrogen and oxygen atoms in total. The van der Waals surface area contributed by atoms with Gasteiger partial charge in [-0.3, -0.25) is 0 Å². The number of rotatable bonds is 3. The van der Waals surface area contributed by atoms with Crippen molar-refractivity contribution in [3.05, 3.63) is 234 Å². The predicted molar refractivity (Wildman–Crippen MR) is 285 cm³/mol. The van der Waals surface area contributed by atoms with E-state index in [9.17, 15) is 0 Å². The van der Waals surface area contributed by atoms with Gasteiger partial charge >= 0.3 is 7.82 Å². The van der Waals surface area contributed by atoms with Crippen molar-refractivity contribution < 1.29 is 18.1 Å². The van der Waals surface area contributed by atoms with Gasteiger partial charge in [0.1, 0.15) is 17.2 Å². The summed E-state index contributed by atoms with van der Waals surface area (Å²) < 4.78 is 36.2. The molecule has 0 N–H and O–H groups in total. The van der Waals surface area contributed by atoms with Crippen molar-refractivity contribution in [2.45, 2.75) is 26.7 Å². The molecule has 12 aromatic carbocycles. The molecular weight excluding hydrogens is 864 g/mol. The number of benzene rings is 12. The Kier molecular flexibility index (Phi) is 8.63. The van der Waals surface area contributed by atoms with Gasteiger partial charge in [-0.25, -0.2) is 0 Å². The molecule has 0 spiro atoms. The van der Waals surface area contributed by atoms with Crippen molar-refractivity contribution in [1.29, 1.82) is 0 Å². The third-order valence-electron chi connectivity index (χ3n) is 14.6. The molecule has 0 saturated carbocycles. The minimum absolute atomic E-state index is 0.501. The van der Waals surface area contributed by atoms with Gasteiger partial charge in [0.15, 0.2) is 0 Å². The van der Waals surface area contributed by atoms with E-state index >= 15 is 4.57 Å². The second-order valence-corrected chi connectivity index (χ2v) is 20.3. The van der Waals surface area contributed by atoms with E-state index < -0.39 is 13.7 Å². The van der Waals surface area contributed by atoms with E-state index in [1.165, 1.54) is 0 Å². The quantitative estimate of drug-likeness (QED) is 0.131. The Morgan fingerprint density at radius 1 is 0.319 bits per heavy atom. The average Bonchev–Trinajstić information content (AvgIpc) is 3.36. The lowest BCUT2D eigenvalue weighted by Gasteiger charge is -2.36. The van der Waals surface area contributed by atoms with Gasteiger partial charge in [0.2, 0.25) is 0 Å². The summed E-state index contributed by atoms with van der Waals surface area (Å²) in [5, 5.41) is 13.9. The summed E-state index contributed by atoms with van der Waals surface area (Å²) in [6, 6.07) is 72.0. The highest BCUT2D eigenvalue weighted by Gasteiger charge is 2.46. The minimum atomic E-state index is -4.42. The van der Waals surface area contributed by atoms with Gasteiger partial charge in [0.05, 0.1) is 0 Å². The van der Waals surface area contributed by atoms with Gasteiger partial charge in [-0.1, -0.05) is 146 Å². The van der Waals surface area contributed by atoms with Crippen LogP contribution < -0.4 is 13.6 Å². The largest absolute Gasteiger partial charge is 0.647 e. The summed E-state index contributed by atoms with van der Waals surface area (Å²) >= 11 is 0. The van der Waals surface area contributed by atoms with E-state index in [-0.39, 0.29) is 0 Å². The zero-order valence-corrected chi connectivity index (χ0v) is 39.1. The standard InChI is InChI=1S/C64H43O4P/c1-37-28-46(58-49-22-10-4-16-40(49)31-41-17-5-11-23-50(41)58)34-55-61-56-35-47(59-51-24-12-6-18-42(51)32-43-19-7-13-25-52(43)59)29-38(2)63(56)67-69(65,66-62(37)55)68-64-39(3)30-48(36-57(61)64)60-53-26-14-8-20-44(53)33-45-21-9-15-27-54(45)60/h4-36,61H,1-3H3. The molecule has 12 aromatic rings. The van der Waals surface area contributed by atoms with Crippen LogP contribution >= 0.6 is 7.82 Å². The molecule has 0 aliphatic carbocycles. The maximum Gasteiger partial charge on any atom is 0.647 e. The highest BCUT2D eigenvalue weighted by Crippen LogP contribution is 2.63. The van der Waals surface area contributed by atoms with Crippen molar-refractivity contribution in [2.75, 3.05) is 0 Å². The van der Waals surface area contributed by atoms with Gasteiger partial charge in [0, 0.05) is 22.6 Å². The Balaban J connectivity index is 1.13. The Labute approximate surface area is 399 Å². The third-order valence-corrected chi connectivity index (χ3v) is 15.9. The van der Waals surface area contributed by atoms with Crippen molar-refractivity contribution in [3.8, 4) is 50.6 Å². The van der Waals surface area contributed by atoms with E-state index in [0.717, 1.165) is 131 Å². The Hall–Kier alpha value is -8.17. The molecule has 3 heterocycles. The third kappa shape index (κ3) is 6.12. The molecule has 3 aliphatic rings. The zero-order chi connectivity index (χ0) is 46.1. The molecule has 0 amide bonds. The SMILES string of the molecule is Cc1cc(-c2c3ccccc3cc3ccccc23)cc2c1OP1(=O)Oc3c(C)cc(-c4c5ccccc5cc5ccccc45)cc3C2c2cc(-c3c4ccccc4cc4ccccc34)cc(C)c2O1. The fourth-order valence-corrected chi connectivity index (χ4v) is 13.3. The maximum atomic E-state index is 15.8. The minimum Gasteiger partial charge on any atom is -0.385 e. The van der Waals surface area contributed by atoms with Crippen molar-refractivity contribution in [1.82, 2.24) is 0 Å². The fourth-order valence-electron chi connectivity index (χ4n) is 11.7. The van der Waals surface area contributed by atoms with E-state index in [1.807, 2.05) is 0 Å². The normalized spacial score (nSPS) is 16.1. The molecule has 0 atom stereocenters. The van der Waals surface area contributed by atoms with Gasteiger partial charge in [-0.2, -0.15) is 4.57 Å². The van der Waals surface area contributed by atoms with Crippen LogP contribution in [0.5, 0.6) is 17.2 Å². The van der Waals surface area contributed by atoms with Crippen LogP contribution in [0.3, 0.4) is 0 Å². The van der Waals surface area contributed by atoms with Crippen LogP contribution in [0, 0.1) is 20.8 Å². The second kappa shape index (κ2) is 14.9. The molecule has 0 unspecified atom stereocenters. The molecule has 328 valence electrons. The second-order valence-electron chi connectivity index (χ2n) is 18.9. The van der Waals surface area contributed by atoms with Crippen molar-refractivity contribution in [3.63, 3.8) is 0 Å². The summed E-state index contributed by atoms with van der Waals surface area (Å²) in [4.78, 5) is 0. The van der Waals surface area contributed by atoms with Gasteiger partial charge in [-0.15, -0.1) is 0 Å². The van der Waals surface area contributed by atoms with Crippen LogP contribution in [0.1, 0.15) is 39.3 Å². The van der Waals surface area contributed by atoms with Crippen molar-refractivity contribution in [2.24, 2.45) is 0 Å². The summed E-state index contributed by atoms with van der Waals surface area (Å²) in [5.74, 6) is 1.01. The first-order valence-corrected chi connectivity index (χ1v) is 25.1. The molecule has 15 rings (SSSR count). The van der Waals surface area contributed by atoms with E-state index in [2.05, 4.69) is 221 Å². The van der Waals surface area contributed by atoms with Crippen LogP contribution in [0.15, 0.2) is 200 Å². The number of aryl methyl sites for hydroxylation is 3. The molecule has 0 aromatic heterocycles. The monoisotopic (exact) mass is 906 g/mol. The summed E-state index contributed by atoms with van der Waals surface area (Å²) in [5.41, 5.74) is 11.8. The van der Waals surface area contributed by atoms with Gasteiger partial charge in [-0.05, 0) is 190 Å². The van der Waals surface area contributed by atoms with Crippen LogP contribution in [-0.4, -0.2) is 0 Å². The van der Waals surface area contributed by atoms with Crippen LogP contribution in [-0.2, 0) is 4.57 Å². The first-order chi connectivity index (χ1) is 33.8.